The van der Waals surface area contributed by atoms with Crippen molar-refractivity contribution >= 4 is 45.0 Å². The zero-order chi connectivity index (χ0) is 19.0. The number of halogens is 1. The van der Waals surface area contributed by atoms with Crippen molar-refractivity contribution in [2.24, 2.45) is 0 Å². The number of fused-ring (bicyclic) bond motifs is 2. The molecule has 7 heteroatoms. The number of hydrogen-bond acceptors (Lipinski definition) is 5. The second-order valence-corrected chi connectivity index (χ2v) is 6.63. The van der Waals surface area contributed by atoms with Crippen molar-refractivity contribution in [1.82, 2.24) is 0 Å². The number of ketones is 4. The molecule has 0 atom stereocenters. The largest absolute Gasteiger partial charge is 0.478 e. The lowest BCUT2D eigenvalue weighted by molar-refractivity contribution is -0.114. The lowest BCUT2D eigenvalue weighted by Gasteiger charge is -2.00. The van der Waals surface area contributed by atoms with E-state index in [2.05, 4.69) is 15.9 Å². The van der Waals surface area contributed by atoms with E-state index in [1.807, 2.05) is 12.1 Å². The molecule has 0 radical (unpaired) electrons. The summed E-state index contributed by atoms with van der Waals surface area (Å²) in [5, 5.41) is 8.79. The number of carbonyl (C=O) groups excluding carboxylic acids is 4. The normalized spacial score (nSPS) is 14.7. The molecule has 0 unspecified atom stereocenters. The molecule has 0 saturated carbocycles. The molecular formula is C19H11BrO6. The van der Waals surface area contributed by atoms with Gasteiger partial charge < -0.3 is 5.11 Å². The average Bonchev–Trinajstić information content (AvgIpc) is 3.05. The maximum atomic E-state index is 11.3. The second-order valence-electron chi connectivity index (χ2n) is 5.78. The summed E-state index contributed by atoms with van der Waals surface area (Å²) in [6.45, 7) is 0. The summed E-state index contributed by atoms with van der Waals surface area (Å²) in [6.07, 6.45) is 0.281. The van der Waals surface area contributed by atoms with E-state index >= 15 is 0 Å². The number of carbonyl (C=O) groups is 5. The zero-order valence-corrected chi connectivity index (χ0v) is 14.8. The van der Waals surface area contributed by atoms with Gasteiger partial charge in [-0.3, -0.25) is 19.2 Å². The van der Waals surface area contributed by atoms with Gasteiger partial charge >= 0.3 is 5.97 Å². The lowest BCUT2D eigenvalue weighted by Crippen LogP contribution is -2.10. The number of aromatic carboxylic acids is 1. The first-order valence-corrected chi connectivity index (χ1v) is 8.38. The Balaban J connectivity index is 0.000000152. The van der Waals surface area contributed by atoms with Crippen LogP contribution in [0.1, 0.15) is 42.2 Å². The monoisotopic (exact) mass is 414 g/mol. The smallest absolute Gasteiger partial charge is 0.336 e. The Kier molecular flexibility index (Phi) is 4.65. The van der Waals surface area contributed by atoms with Gasteiger partial charge in [-0.25, -0.2) is 4.79 Å². The summed E-state index contributed by atoms with van der Waals surface area (Å²) >= 11 is 3.24. The maximum absolute atomic E-state index is 11.3. The van der Waals surface area contributed by atoms with Crippen molar-refractivity contribution in [1.29, 1.82) is 0 Å². The molecule has 0 aliphatic heterocycles. The van der Waals surface area contributed by atoms with Gasteiger partial charge in [-0.15, -0.1) is 0 Å². The van der Waals surface area contributed by atoms with Crippen LogP contribution in [0.2, 0.25) is 0 Å². The minimum atomic E-state index is -1.18. The van der Waals surface area contributed by atoms with Crippen molar-refractivity contribution in [2.45, 2.75) is 12.8 Å². The molecule has 0 heterocycles. The van der Waals surface area contributed by atoms with Gasteiger partial charge in [0, 0.05) is 28.4 Å². The van der Waals surface area contributed by atoms with Gasteiger partial charge in [-0.1, -0.05) is 40.2 Å². The first kappa shape index (κ1) is 17.9. The molecule has 2 aliphatic carbocycles. The van der Waals surface area contributed by atoms with Gasteiger partial charge in [0.05, 0.1) is 5.56 Å². The molecule has 130 valence electrons. The highest BCUT2D eigenvalue weighted by molar-refractivity contribution is 9.10. The molecule has 0 amide bonds. The summed E-state index contributed by atoms with van der Waals surface area (Å²) in [7, 11) is 0. The van der Waals surface area contributed by atoms with E-state index in [-0.39, 0.29) is 35.5 Å². The third-order valence-corrected chi connectivity index (χ3v) is 4.80. The van der Waals surface area contributed by atoms with Crippen LogP contribution >= 0.6 is 15.9 Å². The average molecular weight is 415 g/mol. The van der Waals surface area contributed by atoms with Crippen molar-refractivity contribution in [3.05, 3.63) is 68.7 Å². The Hall–Kier alpha value is -2.93. The molecule has 0 spiro atoms. The number of Topliss-reactive ketones (excluding diaryl/α,β-unsaturated/α-hetero) is 4. The van der Waals surface area contributed by atoms with Gasteiger partial charge in [0.1, 0.15) is 0 Å². The summed E-state index contributed by atoms with van der Waals surface area (Å²) in [5.41, 5.74) is 1.87. The Morgan fingerprint density at radius 1 is 0.808 bits per heavy atom. The number of rotatable bonds is 1. The van der Waals surface area contributed by atoms with Crippen LogP contribution in [0.15, 0.2) is 40.9 Å². The Bertz CT molecular complexity index is 1010. The number of benzene rings is 2. The highest BCUT2D eigenvalue weighted by Gasteiger charge is 2.32. The zero-order valence-electron chi connectivity index (χ0n) is 13.2. The standard InChI is InChI=1S/C10H6O4.C9H5BrO2/c11-7-4-5-2-1-3-6(10(13)14)8(5)9(7)12;10-6-3-1-2-5-4-7(11)9(12)8(5)6/h1-3H,4H2,(H,13,14);1-3H,4H2. The van der Waals surface area contributed by atoms with Crippen LogP contribution < -0.4 is 0 Å². The lowest BCUT2D eigenvalue weighted by atomic mass is 10.0. The molecule has 2 aromatic carbocycles. The molecule has 0 fully saturated rings. The quantitative estimate of drug-likeness (QED) is 0.718. The highest BCUT2D eigenvalue weighted by atomic mass is 79.9. The number of carboxylic acids is 1. The predicted molar refractivity (Wildman–Crippen MR) is 93.6 cm³/mol. The molecule has 26 heavy (non-hydrogen) atoms. The Morgan fingerprint density at radius 3 is 1.85 bits per heavy atom. The van der Waals surface area contributed by atoms with Crippen LogP contribution in [0, 0.1) is 0 Å². The van der Waals surface area contributed by atoms with Crippen LogP contribution in [-0.4, -0.2) is 34.2 Å². The summed E-state index contributed by atoms with van der Waals surface area (Å²) < 4.78 is 0.718. The van der Waals surface area contributed by atoms with E-state index in [1.165, 1.54) is 12.1 Å². The van der Waals surface area contributed by atoms with E-state index in [4.69, 9.17) is 5.11 Å². The maximum Gasteiger partial charge on any atom is 0.336 e. The van der Waals surface area contributed by atoms with Crippen molar-refractivity contribution in [3.8, 4) is 0 Å². The fourth-order valence-corrected chi connectivity index (χ4v) is 3.54. The van der Waals surface area contributed by atoms with Gasteiger partial charge in [-0.05, 0) is 23.3 Å². The van der Waals surface area contributed by atoms with Gasteiger partial charge in [0.25, 0.3) is 0 Å². The van der Waals surface area contributed by atoms with E-state index < -0.39 is 17.5 Å². The molecular weight excluding hydrogens is 404 g/mol. The summed E-state index contributed by atoms with van der Waals surface area (Å²) in [5.74, 6) is -3.06. The fraction of sp³-hybridized carbons (Fsp3) is 0.105. The van der Waals surface area contributed by atoms with Crippen LogP contribution in [0.25, 0.3) is 0 Å². The predicted octanol–water partition coefficient (Wildman–Crippen LogP) is 2.45. The highest BCUT2D eigenvalue weighted by Crippen LogP contribution is 2.27. The molecule has 0 aromatic heterocycles. The molecule has 1 N–H and O–H groups in total. The van der Waals surface area contributed by atoms with Crippen LogP contribution in [0.3, 0.4) is 0 Å². The van der Waals surface area contributed by atoms with Crippen LogP contribution in [-0.2, 0) is 22.4 Å². The van der Waals surface area contributed by atoms with Crippen LogP contribution in [0.5, 0.6) is 0 Å². The van der Waals surface area contributed by atoms with Gasteiger partial charge in [-0.2, -0.15) is 0 Å². The molecule has 2 aromatic rings. The fourth-order valence-electron chi connectivity index (χ4n) is 2.95. The van der Waals surface area contributed by atoms with Gasteiger partial charge in [0.2, 0.25) is 23.1 Å². The van der Waals surface area contributed by atoms with E-state index in [1.54, 1.807) is 12.1 Å². The number of hydrogen-bond donors (Lipinski definition) is 1. The molecule has 0 saturated heterocycles. The minimum Gasteiger partial charge on any atom is -0.478 e. The second kappa shape index (κ2) is 6.76. The topological polar surface area (TPSA) is 106 Å². The first-order chi connectivity index (χ1) is 12.3. The minimum absolute atomic E-state index is 0.0231. The number of carboxylic acid groups (broad SMARTS) is 1. The molecule has 2 aliphatic rings. The third kappa shape index (κ3) is 3.01. The third-order valence-electron chi connectivity index (χ3n) is 4.14. The van der Waals surface area contributed by atoms with Crippen molar-refractivity contribution < 1.29 is 29.1 Å². The Labute approximate surface area is 156 Å². The summed E-state index contributed by atoms with van der Waals surface area (Å²) in [6, 6.07) is 9.88. The molecule has 6 nitrogen and oxygen atoms in total. The SMILES string of the molecule is O=C1Cc2cccc(Br)c2C1=O.O=C1Cc2cccc(C(=O)O)c2C1=O. The van der Waals surface area contributed by atoms with Crippen molar-refractivity contribution in [3.63, 3.8) is 0 Å². The summed E-state index contributed by atoms with van der Waals surface area (Å²) in [4.78, 5) is 55.4. The van der Waals surface area contributed by atoms with Crippen molar-refractivity contribution in [2.75, 3.05) is 0 Å². The first-order valence-electron chi connectivity index (χ1n) is 7.59. The molecule has 4 rings (SSSR count). The van der Waals surface area contributed by atoms with Crippen LogP contribution in [0.4, 0.5) is 0 Å². The van der Waals surface area contributed by atoms with E-state index in [9.17, 15) is 24.0 Å². The molecule has 0 bridgehead atoms. The Morgan fingerprint density at radius 2 is 1.31 bits per heavy atom. The van der Waals surface area contributed by atoms with E-state index in [0.29, 0.717) is 11.1 Å². The van der Waals surface area contributed by atoms with Gasteiger partial charge in [0.15, 0.2) is 0 Å². The van der Waals surface area contributed by atoms with E-state index in [0.717, 1.165) is 10.0 Å².